The van der Waals surface area contributed by atoms with Crippen LogP contribution in [-0.2, 0) is 16.1 Å². The van der Waals surface area contributed by atoms with Crippen molar-refractivity contribution in [1.29, 1.82) is 0 Å². The van der Waals surface area contributed by atoms with Gasteiger partial charge in [0.05, 0.1) is 5.92 Å². The maximum absolute atomic E-state index is 13.2. The first kappa shape index (κ1) is 19.4. The van der Waals surface area contributed by atoms with Crippen molar-refractivity contribution in [2.45, 2.75) is 12.7 Å². The molecule has 0 aliphatic carbocycles. The third kappa shape index (κ3) is 3.70. The lowest BCUT2D eigenvalue weighted by molar-refractivity contribution is -0.137. The molecule has 2 atom stereocenters. The fourth-order valence-electron chi connectivity index (χ4n) is 4.18. The van der Waals surface area contributed by atoms with E-state index in [9.17, 15) is 9.59 Å². The maximum atomic E-state index is 13.2. The Labute approximate surface area is 180 Å². The zero-order valence-corrected chi connectivity index (χ0v) is 17.2. The van der Waals surface area contributed by atoms with Crippen LogP contribution >= 0.6 is 0 Å². The number of ether oxygens (including phenoxy) is 2. The normalized spacial score (nSPS) is 21.8. The van der Waals surface area contributed by atoms with Gasteiger partial charge in [-0.25, -0.2) is 5.43 Å². The summed E-state index contributed by atoms with van der Waals surface area (Å²) >= 11 is 0. The van der Waals surface area contributed by atoms with Gasteiger partial charge in [0.1, 0.15) is 19.4 Å². The minimum absolute atomic E-state index is 0.0208. The van der Waals surface area contributed by atoms with Gasteiger partial charge in [0, 0.05) is 37.5 Å². The molecule has 0 bridgehead atoms. The molecule has 160 valence electrons. The highest BCUT2D eigenvalue weighted by molar-refractivity contribution is 5.97. The molecule has 0 radical (unpaired) electrons. The van der Waals surface area contributed by atoms with Crippen LogP contribution in [0.3, 0.4) is 0 Å². The van der Waals surface area contributed by atoms with Crippen LogP contribution in [0.4, 0.5) is 0 Å². The Bertz CT molecular complexity index is 1040. The Morgan fingerprint density at radius 1 is 1.13 bits per heavy atom. The summed E-state index contributed by atoms with van der Waals surface area (Å²) in [6.45, 7) is 1.92. The highest BCUT2D eigenvalue weighted by Gasteiger charge is 2.44. The molecule has 8 heteroatoms. The largest absolute Gasteiger partial charge is 0.486 e. The van der Waals surface area contributed by atoms with Crippen LogP contribution < -0.4 is 20.2 Å². The number of carbonyl (C=O) groups is 2. The van der Waals surface area contributed by atoms with Crippen molar-refractivity contribution in [3.05, 3.63) is 65.7 Å². The van der Waals surface area contributed by atoms with Gasteiger partial charge >= 0.3 is 0 Å². The predicted molar refractivity (Wildman–Crippen MR) is 114 cm³/mol. The number of hydrogen-bond donors (Lipinski definition) is 2. The van der Waals surface area contributed by atoms with E-state index >= 15 is 0 Å². The van der Waals surface area contributed by atoms with Gasteiger partial charge in [-0.3, -0.25) is 14.6 Å². The maximum Gasteiger partial charge on any atom is 0.264 e. The van der Waals surface area contributed by atoms with Crippen LogP contribution in [0.5, 0.6) is 11.5 Å². The number of nitrogens with one attached hydrogen (secondary N) is 2. The Balaban J connectivity index is 1.34. The zero-order chi connectivity index (χ0) is 21.4. The standard InChI is InChI=1S/C23H24N4O4/c1-26(14-15-5-3-2-4-6-15)23(29)17-13-24-27-21(28)12-18(25-22(17)27)16-7-8-19-20(11-16)31-10-9-30-19/h2-8,11-12,17,22,24-25H,9-10,13-14H2,1H3. The third-order valence-corrected chi connectivity index (χ3v) is 5.76. The summed E-state index contributed by atoms with van der Waals surface area (Å²) in [4.78, 5) is 27.6. The number of carbonyl (C=O) groups excluding carboxylic acids is 2. The molecular weight excluding hydrogens is 396 g/mol. The van der Waals surface area contributed by atoms with Crippen LogP contribution in [0, 0.1) is 5.92 Å². The van der Waals surface area contributed by atoms with Crippen molar-refractivity contribution in [2.75, 3.05) is 26.8 Å². The Hall–Kier alpha value is -3.52. The smallest absolute Gasteiger partial charge is 0.264 e. The molecule has 0 spiro atoms. The summed E-state index contributed by atoms with van der Waals surface area (Å²) in [5.74, 6) is 0.736. The predicted octanol–water partition coefficient (Wildman–Crippen LogP) is 1.35. The van der Waals surface area contributed by atoms with Crippen molar-refractivity contribution < 1.29 is 19.1 Å². The number of fused-ring (bicyclic) bond motifs is 2. The summed E-state index contributed by atoms with van der Waals surface area (Å²) in [7, 11) is 1.79. The third-order valence-electron chi connectivity index (χ3n) is 5.76. The molecule has 2 N–H and O–H groups in total. The average Bonchev–Trinajstić information content (AvgIpc) is 3.23. The molecule has 1 saturated heterocycles. The summed E-state index contributed by atoms with van der Waals surface area (Å²) in [5.41, 5.74) is 5.60. The van der Waals surface area contributed by atoms with Crippen molar-refractivity contribution >= 4 is 17.5 Å². The first-order chi connectivity index (χ1) is 15.1. The highest BCUT2D eigenvalue weighted by Crippen LogP contribution is 2.34. The molecule has 2 aromatic carbocycles. The molecule has 0 aromatic heterocycles. The van der Waals surface area contributed by atoms with E-state index in [4.69, 9.17) is 9.47 Å². The van der Waals surface area contributed by atoms with E-state index in [1.165, 1.54) is 11.1 Å². The fourth-order valence-corrected chi connectivity index (χ4v) is 4.18. The van der Waals surface area contributed by atoms with Gasteiger partial charge in [0.15, 0.2) is 11.5 Å². The van der Waals surface area contributed by atoms with E-state index in [-0.39, 0.29) is 11.8 Å². The van der Waals surface area contributed by atoms with Gasteiger partial charge in [-0.2, -0.15) is 0 Å². The van der Waals surface area contributed by atoms with Crippen LogP contribution in [0.15, 0.2) is 54.6 Å². The number of benzene rings is 2. The molecule has 3 aliphatic heterocycles. The van der Waals surface area contributed by atoms with Crippen LogP contribution in [0.2, 0.25) is 0 Å². The van der Waals surface area contributed by atoms with E-state index < -0.39 is 12.1 Å². The molecule has 3 aliphatic rings. The lowest BCUT2D eigenvalue weighted by Crippen LogP contribution is -2.54. The van der Waals surface area contributed by atoms with E-state index in [2.05, 4.69) is 10.7 Å². The quantitative estimate of drug-likeness (QED) is 0.777. The molecule has 0 saturated carbocycles. The molecule has 8 nitrogen and oxygen atoms in total. The van der Waals surface area contributed by atoms with Crippen LogP contribution in [0.25, 0.3) is 5.70 Å². The second kappa shape index (κ2) is 7.96. The number of hydrazine groups is 1. The fraction of sp³-hybridized carbons (Fsp3) is 0.304. The Morgan fingerprint density at radius 3 is 2.71 bits per heavy atom. The number of hydrogen-bond acceptors (Lipinski definition) is 6. The lowest BCUT2D eigenvalue weighted by Gasteiger charge is -2.34. The second-order valence-electron chi connectivity index (χ2n) is 7.86. The summed E-state index contributed by atoms with van der Waals surface area (Å²) in [6, 6.07) is 15.4. The Morgan fingerprint density at radius 2 is 1.90 bits per heavy atom. The SMILES string of the molecule is CN(Cc1ccccc1)C(=O)C1CNN2C(=O)C=C(c3ccc4c(c3)OCCO4)NC12. The molecule has 2 amide bonds. The van der Waals surface area contributed by atoms with Crippen LogP contribution in [0.1, 0.15) is 11.1 Å². The molecule has 2 unspecified atom stereocenters. The molecule has 1 fully saturated rings. The molecule has 3 heterocycles. The van der Waals surface area contributed by atoms with Crippen molar-refractivity contribution in [3.8, 4) is 11.5 Å². The van der Waals surface area contributed by atoms with Crippen molar-refractivity contribution in [2.24, 2.45) is 5.92 Å². The van der Waals surface area contributed by atoms with Gasteiger partial charge in [-0.1, -0.05) is 30.3 Å². The van der Waals surface area contributed by atoms with Gasteiger partial charge in [0.25, 0.3) is 5.91 Å². The van der Waals surface area contributed by atoms with E-state index in [1.54, 1.807) is 11.9 Å². The Kier molecular flexibility index (Phi) is 4.99. The van der Waals surface area contributed by atoms with E-state index in [1.807, 2.05) is 48.5 Å². The second-order valence-corrected chi connectivity index (χ2v) is 7.86. The first-order valence-corrected chi connectivity index (χ1v) is 10.3. The summed E-state index contributed by atoms with van der Waals surface area (Å²) in [6.07, 6.45) is 1.07. The molecule has 5 rings (SSSR count). The monoisotopic (exact) mass is 420 g/mol. The first-order valence-electron chi connectivity index (χ1n) is 10.3. The van der Waals surface area contributed by atoms with Crippen LogP contribution in [-0.4, -0.2) is 54.7 Å². The minimum Gasteiger partial charge on any atom is -0.486 e. The van der Waals surface area contributed by atoms with E-state index in [0.717, 1.165) is 11.1 Å². The average molecular weight is 420 g/mol. The molecule has 2 aromatic rings. The van der Waals surface area contributed by atoms with Gasteiger partial charge < -0.3 is 19.7 Å². The summed E-state index contributed by atoms with van der Waals surface area (Å²) < 4.78 is 11.2. The summed E-state index contributed by atoms with van der Waals surface area (Å²) in [5, 5.41) is 4.88. The highest BCUT2D eigenvalue weighted by atomic mass is 16.6. The number of rotatable bonds is 4. The van der Waals surface area contributed by atoms with Crippen molar-refractivity contribution in [1.82, 2.24) is 20.7 Å². The van der Waals surface area contributed by atoms with Gasteiger partial charge in [-0.15, -0.1) is 0 Å². The van der Waals surface area contributed by atoms with Gasteiger partial charge in [-0.05, 0) is 23.8 Å². The molecular formula is C23H24N4O4. The van der Waals surface area contributed by atoms with E-state index in [0.29, 0.717) is 43.5 Å². The topological polar surface area (TPSA) is 83.1 Å². The van der Waals surface area contributed by atoms with Crippen molar-refractivity contribution in [3.63, 3.8) is 0 Å². The zero-order valence-electron chi connectivity index (χ0n) is 17.2. The number of nitrogens with zero attached hydrogens (tertiary/aromatic N) is 2. The van der Waals surface area contributed by atoms with Gasteiger partial charge in [0.2, 0.25) is 5.91 Å². The lowest BCUT2D eigenvalue weighted by atomic mass is 10.0. The minimum atomic E-state index is -0.466. The molecule has 31 heavy (non-hydrogen) atoms. The number of amides is 2.